The standard InChI is InChI=1S/C22H27FN8O/c23-17-4-2-16(3-5-17)19-13-31-12-18(20(32)29-22(31)28-19)15-6-10-30(11-7-15)14-26-8-1-9-27-21(24)25/h2-6,12-13,26H,1,7-11,14H2,(H4,24,25,27)(H,28,29,32). The minimum Gasteiger partial charge on any atom is -0.370 e. The number of benzene rings is 1. The number of aromatic amines is 1. The number of nitrogens with two attached hydrogens (primary N) is 2. The average molecular weight is 439 g/mol. The molecule has 0 bridgehead atoms. The number of fused-ring (bicyclic) bond motifs is 1. The fourth-order valence-corrected chi connectivity index (χ4v) is 3.69. The van der Waals surface area contributed by atoms with E-state index in [4.69, 9.17) is 11.5 Å². The Morgan fingerprint density at radius 2 is 2.06 bits per heavy atom. The van der Waals surface area contributed by atoms with Crippen molar-refractivity contribution in [1.82, 2.24) is 24.6 Å². The lowest BCUT2D eigenvalue weighted by Crippen LogP contribution is -2.38. The largest absolute Gasteiger partial charge is 0.370 e. The maximum atomic E-state index is 13.2. The molecule has 9 nitrogen and oxygen atoms in total. The summed E-state index contributed by atoms with van der Waals surface area (Å²) in [7, 11) is 0. The zero-order valence-electron chi connectivity index (χ0n) is 17.7. The van der Waals surface area contributed by atoms with Crippen LogP contribution < -0.4 is 22.3 Å². The van der Waals surface area contributed by atoms with Crippen molar-refractivity contribution >= 4 is 17.3 Å². The third-order valence-electron chi connectivity index (χ3n) is 5.39. The van der Waals surface area contributed by atoms with Crippen LogP contribution in [0.2, 0.25) is 0 Å². The van der Waals surface area contributed by atoms with Gasteiger partial charge in [0.2, 0.25) is 5.78 Å². The van der Waals surface area contributed by atoms with E-state index >= 15 is 0 Å². The number of aliphatic imine (C=N–C) groups is 1. The monoisotopic (exact) mass is 438 g/mol. The van der Waals surface area contributed by atoms with E-state index in [1.807, 2.05) is 12.4 Å². The van der Waals surface area contributed by atoms with Crippen LogP contribution in [0, 0.1) is 5.82 Å². The zero-order valence-corrected chi connectivity index (χ0v) is 17.7. The number of imidazole rings is 1. The third-order valence-corrected chi connectivity index (χ3v) is 5.39. The molecular weight excluding hydrogens is 411 g/mol. The lowest BCUT2D eigenvalue weighted by molar-refractivity contribution is 0.277. The second-order valence-electron chi connectivity index (χ2n) is 7.74. The molecule has 0 atom stereocenters. The third kappa shape index (κ3) is 5.21. The first-order valence-electron chi connectivity index (χ1n) is 10.6. The van der Waals surface area contributed by atoms with Crippen LogP contribution in [0.3, 0.4) is 0 Å². The molecule has 0 fully saturated rings. The lowest BCUT2D eigenvalue weighted by Gasteiger charge is -2.26. The first-order chi connectivity index (χ1) is 15.5. The molecule has 0 saturated heterocycles. The number of guanidine groups is 1. The molecular formula is C22H27FN8O. The number of hydrogen-bond acceptors (Lipinski definition) is 5. The van der Waals surface area contributed by atoms with E-state index in [0.717, 1.165) is 50.3 Å². The number of nitrogens with zero attached hydrogens (tertiary/aromatic N) is 4. The predicted molar refractivity (Wildman–Crippen MR) is 124 cm³/mol. The molecule has 4 rings (SSSR count). The summed E-state index contributed by atoms with van der Waals surface area (Å²) < 4.78 is 15.0. The highest BCUT2D eigenvalue weighted by molar-refractivity contribution is 5.75. The minimum absolute atomic E-state index is 0.120. The van der Waals surface area contributed by atoms with Gasteiger partial charge in [0.15, 0.2) is 5.96 Å². The van der Waals surface area contributed by atoms with Crippen LogP contribution in [0.5, 0.6) is 0 Å². The van der Waals surface area contributed by atoms with Gasteiger partial charge in [-0.2, -0.15) is 0 Å². The van der Waals surface area contributed by atoms with Crippen molar-refractivity contribution < 1.29 is 4.39 Å². The summed E-state index contributed by atoms with van der Waals surface area (Å²) >= 11 is 0. The molecule has 2 aromatic heterocycles. The van der Waals surface area contributed by atoms with Gasteiger partial charge in [0.25, 0.3) is 5.56 Å². The van der Waals surface area contributed by atoms with E-state index in [9.17, 15) is 9.18 Å². The number of hydrogen-bond donors (Lipinski definition) is 4. The number of H-pyrrole nitrogens is 1. The molecule has 0 amide bonds. The second kappa shape index (κ2) is 9.75. The highest BCUT2D eigenvalue weighted by Crippen LogP contribution is 2.22. The van der Waals surface area contributed by atoms with Crippen LogP contribution in [-0.2, 0) is 0 Å². The topological polar surface area (TPSA) is 130 Å². The summed E-state index contributed by atoms with van der Waals surface area (Å²) in [5, 5.41) is 3.38. The van der Waals surface area contributed by atoms with Gasteiger partial charge in [0.1, 0.15) is 5.82 Å². The maximum Gasteiger partial charge on any atom is 0.259 e. The fraction of sp³-hybridized carbons (Fsp3) is 0.318. The molecule has 10 heteroatoms. The van der Waals surface area contributed by atoms with E-state index in [-0.39, 0.29) is 17.3 Å². The molecule has 0 spiro atoms. The van der Waals surface area contributed by atoms with Gasteiger partial charge in [-0.1, -0.05) is 6.08 Å². The highest BCUT2D eigenvalue weighted by Gasteiger charge is 2.16. The van der Waals surface area contributed by atoms with Crippen LogP contribution in [0.1, 0.15) is 18.4 Å². The van der Waals surface area contributed by atoms with Crippen LogP contribution >= 0.6 is 0 Å². The molecule has 3 aromatic rings. The van der Waals surface area contributed by atoms with E-state index in [1.54, 1.807) is 16.5 Å². The Morgan fingerprint density at radius 1 is 1.25 bits per heavy atom. The first kappa shape index (κ1) is 21.7. The Morgan fingerprint density at radius 3 is 2.78 bits per heavy atom. The van der Waals surface area contributed by atoms with Gasteiger partial charge in [-0.3, -0.25) is 24.1 Å². The van der Waals surface area contributed by atoms with Gasteiger partial charge in [0.05, 0.1) is 11.3 Å². The molecule has 0 unspecified atom stereocenters. The molecule has 1 aliphatic rings. The molecule has 1 aromatic carbocycles. The van der Waals surface area contributed by atoms with Crippen LogP contribution in [0.15, 0.2) is 52.5 Å². The molecule has 3 heterocycles. The number of nitrogens with one attached hydrogen (secondary N) is 2. The normalized spacial score (nSPS) is 14.5. The molecule has 1 aliphatic heterocycles. The Hall–Kier alpha value is -3.50. The molecule has 0 radical (unpaired) electrons. The highest BCUT2D eigenvalue weighted by atomic mass is 19.1. The van der Waals surface area contributed by atoms with Gasteiger partial charge in [0, 0.05) is 44.3 Å². The number of aromatic nitrogens is 3. The average Bonchev–Trinajstić information content (AvgIpc) is 3.19. The number of halogens is 1. The van der Waals surface area contributed by atoms with Gasteiger partial charge in [-0.25, -0.2) is 9.37 Å². The van der Waals surface area contributed by atoms with Crippen molar-refractivity contribution in [1.29, 1.82) is 0 Å². The predicted octanol–water partition coefficient (Wildman–Crippen LogP) is 1.13. The Labute approximate surface area is 184 Å². The SMILES string of the molecule is NC(N)=NCCCNCN1CC=C(c2cn3cc(-c4ccc(F)cc4)nc3[nH]c2=O)CC1. The Balaban J connectivity index is 1.40. The van der Waals surface area contributed by atoms with Crippen molar-refractivity contribution in [2.45, 2.75) is 12.8 Å². The van der Waals surface area contributed by atoms with Crippen molar-refractivity contribution in [2.24, 2.45) is 16.5 Å². The van der Waals surface area contributed by atoms with Gasteiger partial charge in [-0.15, -0.1) is 0 Å². The zero-order chi connectivity index (χ0) is 22.5. The fourth-order valence-electron chi connectivity index (χ4n) is 3.69. The summed E-state index contributed by atoms with van der Waals surface area (Å²) in [6.07, 6.45) is 7.40. The lowest BCUT2D eigenvalue weighted by atomic mass is 10.0. The quantitative estimate of drug-likeness (QED) is 0.237. The number of rotatable bonds is 8. The first-order valence-corrected chi connectivity index (χ1v) is 10.6. The van der Waals surface area contributed by atoms with E-state index < -0.39 is 0 Å². The van der Waals surface area contributed by atoms with E-state index in [1.165, 1.54) is 12.1 Å². The minimum atomic E-state index is -0.298. The van der Waals surface area contributed by atoms with Crippen molar-refractivity contribution in [2.75, 3.05) is 32.8 Å². The van der Waals surface area contributed by atoms with Crippen molar-refractivity contribution in [3.8, 4) is 11.3 Å². The maximum absolute atomic E-state index is 13.2. The summed E-state index contributed by atoms with van der Waals surface area (Å²) in [6, 6.07) is 6.13. The van der Waals surface area contributed by atoms with Crippen LogP contribution in [-0.4, -0.2) is 58.1 Å². The summed E-state index contributed by atoms with van der Waals surface area (Å²) in [5.41, 5.74) is 13.6. The van der Waals surface area contributed by atoms with E-state index in [2.05, 4.69) is 31.3 Å². The summed E-state index contributed by atoms with van der Waals surface area (Å²) in [6.45, 7) is 3.83. The summed E-state index contributed by atoms with van der Waals surface area (Å²) in [5.74, 6) is 0.280. The van der Waals surface area contributed by atoms with E-state index in [0.29, 0.717) is 23.6 Å². The molecule has 6 N–H and O–H groups in total. The van der Waals surface area contributed by atoms with Crippen LogP contribution in [0.4, 0.5) is 4.39 Å². The summed E-state index contributed by atoms with van der Waals surface area (Å²) in [4.78, 5) is 26.2. The molecule has 0 aliphatic carbocycles. The molecule has 32 heavy (non-hydrogen) atoms. The van der Waals surface area contributed by atoms with Gasteiger partial charge < -0.3 is 16.8 Å². The molecule has 168 valence electrons. The van der Waals surface area contributed by atoms with Crippen LogP contribution in [0.25, 0.3) is 22.6 Å². The van der Waals surface area contributed by atoms with Crippen molar-refractivity contribution in [3.05, 3.63) is 64.5 Å². The van der Waals surface area contributed by atoms with Gasteiger partial charge in [-0.05, 0) is 49.2 Å². The Bertz CT molecular complexity index is 1190. The molecule has 0 saturated carbocycles. The van der Waals surface area contributed by atoms with Crippen molar-refractivity contribution in [3.63, 3.8) is 0 Å². The smallest absolute Gasteiger partial charge is 0.259 e. The van der Waals surface area contributed by atoms with Gasteiger partial charge >= 0.3 is 0 Å². The Kier molecular flexibility index (Phi) is 6.62. The second-order valence-corrected chi connectivity index (χ2v) is 7.74.